The number of nitrogens with one attached hydrogen (secondary N) is 1. The first kappa shape index (κ1) is 18.6. The molecular weight excluding hydrogens is 364 g/mol. The number of benzene rings is 2. The van der Waals surface area contributed by atoms with Gasteiger partial charge in [0, 0.05) is 24.5 Å². The van der Waals surface area contributed by atoms with Crippen LogP contribution in [0.4, 0.5) is 0 Å². The summed E-state index contributed by atoms with van der Waals surface area (Å²) >= 11 is 0. The van der Waals surface area contributed by atoms with Crippen molar-refractivity contribution in [3.63, 3.8) is 0 Å². The zero-order valence-electron chi connectivity index (χ0n) is 16.2. The molecule has 6 heteroatoms. The average molecular weight is 386 g/mol. The van der Waals surface area contributed by atoms with E-state index in [1.165, 1.54) is 0 Å². The Hall–Kier alpha value is -3.80. The minimum atomic E-state index is -0.192. The zero-order valence-corrected chi connectivity index (χ0v) is 16.2. The number of hydrogen-bond acceptors (Lipinski definition) is 3. The standard InChI is InChI=1S/C23H22N4O2/c1-2-29-21-13-7-6-10-18(21)16-24-22(28)20-17-25-27(19-11-4-3-5-12-19)23(20)26-14-8-9-15-26/h3-15,17H,2,16H2,1H3,(H,24,28). The van der Waals surface area contributed by atoms with Crippen molar-refractivity contribution in [2.45, 2.75) is 13.5 Å². The summed E-state index contributed by atoms with van der Waals surface area (Å²) in [6.07, 6.45) is 5.40. The van der Waals surface area contributed by atoms with E-state index >= 15 is 0 Å². The predicted octanol–water partition coefficient (Wildman–Crippen LogP) is 3.99. The van der Waals surface area contributed by atoms with Crippen LogP contribution in [0.5, 0.6) is 5.75 Å². The van der Waals surface area contributed by atoms with Crippen molar-refractivity contribution in [3.8, 4) is 17.3 Å². The maximum Gasteiger partial charge on any atom is 0.256 e. The third-order valence-electron chi connectivity index (χ3n) is 4.55. The van der Waals surface area contributed by atoms with Gasteiger partial charge in [0.05, 0.1) is 18.5 Å². The quantitative estimate of drug-likeness (QED) is 0.522. The van der Waals surface area contributed by atoms with Gasteiger partial charge in [-0.1, -0.05) is 36.4 Å². The first-order chi connectivity index (χ1) is 14.3. The van der Waals surface area contributed by atoms with Crippen LogP contribution in [0.25, 0.3) is 11.5 Å². The van der Waals surface area contributed by atoms with E-state index < -0.39 is 0 Å². The summed E-state index contributed by atoms with van der Waals surface area (Å²) in [7, 11) is 0. The third kappa shape index (κ3) is 3.91. The van der Waals surface area contributed by atoms with Gasteiger partial charge in [0.2, 0.25) is 0 Å². The second-order valence-electron chi connectivity index (χ2n) is 6.44. The van der Waals surface area contributed by atoms with Crippen LogP contribution >= 0.6 is 0 Å². The molecule has 0 atom stereocenters. The summed E-state index contributed by atoms with van der Waals surface area (Å²) in [6, 6.07) is 21.3. The van der Waals surface area contributed by atoms with Crippen molar-refractivity contribution in [1.82, 2.24) is 19.7 Å². The Morgan fingerprint density at radius 1 is 1.00 bits per heavy atom. The molecular formula is C23H22N4O2. The number of aromatic nitrogens is 3. The van der Waals surface area contributed by atoms with Crippen molar-refractivity contribution in [2.24, 2.45) is 0 Å². The smallest absolute Gasteiger partial charge is 0.256 e. The van der Waals surface area contributed by atoms with E-state index in [1.807, 2.05) is 90.6 Å². The molecule has 0 spiro atoms. The Bertz CT molecular complexity index is 1090. The molecule has 6 nitrogen and oxygen atoms in total. The number of rotatable bonds is 7. The lowest BCUT2D eigenvalue weighted by Crippen LogP contribution is -2.24. The normalized spacial score (nSPS) is 10.7. The number of ether oxygens (including phenoxy) is 1. The number of carbonyl (C=O) groups excluding carboxylic acids is 1. The third-order valence-corrected chi connectivity index (χ3v) is 4.55. The predicted molar refractivity (Wildman–Crippen MR) is 112 cm³/mol. The lowest BCUT2D eigenvalue weighted by molar-refractivity contribution is 0.0950. The molecule has 4 aromatic rings. The van der Waals surface area contributed by atoms with E-state index in [0.717, 1.165) is 17.0 Å². The molecule has 0 fully saturated rings. The molecule has 1 amide bonds. The van der Waals surface area contributed by atoms with E-state index in [2.05, 4.69) is 10.4 Å². The van der Waals surface area contributed by atoms with Crippen LogP contribution in [-0.2, 0) is 6.54 Å². The topological polar surface area (TPSA) is 61.1 Å². The first-order valence-electron chi connectivity index (χ1n) is 9.53. The van der Waals surface area contributed by atoms with Crippen molar-refractivity contribution >= 4 is 5.91 Å². The molecule has 29 heavy (non-hydrogen) atoms. The SMILES string of the molecule is CCOc1ccccc1CNC(=O)c1cnn(-c2ccccc2)c1-n1cccc1. The van der Waals surface area contributed by atoms with Crippen LogP contribution in [0.2, 0.25) is 0 Å². The number of hydrogen-bond donors (Lipinski definition) is 1. The summed E-state index contributed by atoms with van der Waals surface area (Å²) in [5, 5.41) is 7.47. The lowest BCUT2D eigenvalue weighted by Gasteiger charge is -2.12. The molecule has 1 N–H and O–H groups in total. The van der Waals surface area contributed by atoms with E-state index in [4.69, 9.17) is 4.74 Å². The maximum absolute atomic E-state index is 13.0. The Morgan fingerprint density at radius 3 is 2.48 bits per heavy atom. The van der Waals surface area contributed by atoms with Gasteiger partial charge >= 0.3 is 0 Å². The van der Waals surface area contributed by atoms with Crippen LogP contribution in [0.15, 0.2) is 85.3 Å². The van der Waals surface area contributed by atoms with Crippen LogP contribution in [0.1, 0.15) is 22.8 Å². The minimum Gasteiger partial charge on any atom is -0.494 e. The number of para-hydroxylation sites is 2. The van der Waals surface area contributed by atoms with Crippen molar-refractivity contribution in [3.05, 3.63) is 96.4 Å². The zero-order chi connectivity index (χ0) is 20.1. The number of carbonyl (C=O) groups is 1. The van der Waals surface area contributed by atoms with Crippen LogP contribution in [0.3, 0.4) is 0 Å². The Balaban J connectivity index is 1.63. The highest BCUT2D eigenvalue weighted by Gasteiger charge is 2.20. The number of amides is 1. The molecule has 0 aliphatic heterocycles. The van der Waals surface area contributed by atoms with Gasteiger partial charge in [0.25, 0.3) is 5.91 Å². The van der Waals surface area contributed by atoms with Crippen LogP contribution in [0, 0.1) is 0 Å². The maximum atomic E-state index is 13.0. The molecule has 0 saturated carbocycles. The molecule has 0 aliphatic carbocycles. The van der Waals surface area contributed by atoms with Gasteiger partial charge in [-0.2, -0.15) is 5.10 Å². The fraction of sp³-hybridized carbons (Fsp3) is 0.130. The second-order valence-corrected chi connectivity index (χ2v) is 6.44. The molecule has 146 valence electrons. The molecule has 4 rings (SSSR count). The minimum absolute atomic E-state index is 0.192. The Morgan fingerprint density at radius 2 is 1.72 bits per heavy atom. The molecule has 2 aromatic carbocycles. The number of nitrogens with zero attached hydrogens (tertiary/aromatic N) is 3. The second kappa shape index (κ2) is 8.48. The largest absolute Gasteiger partial charge is 0.494 e. The molecule has 0 bridgehead atoms. The highest BCUT2D eigenvalue weighted by atomic mass is 16.5. The molecule has 2 aromatic heterocycles. The van der Waals surface area contributed by atoms with E-state index in [0.29, 0.717) is 24.5 Å². The van der Waals surface area contributed by atoms with E-state index in [9.17, 15) is 4.79 Å². The van der Waals surface area contributed by atoms with Crippen molar-refractivity contribution < 1.29 is 9.53 Å². The van der Waals surface area contributed by atoms with Gasteiger partial charge in [-0.05, 0) is 37.3 Å². The van der Waals surface area contributed by atoms with Gasteiger partial charge < -0.3 is 14.6 Å². The fourth-order valence-corrected chi connectivity index (χ4v) is 3.20. The van der Waals surface area contributed by atoms with Crippen LogP contribution < -0.4 is 10.1 Å². The monoisotopic (exact) mass is 386 g/mol. The van der Waals surface area contributed by atoms with Gasteiger partial charge in [-0.15, -0.1) is 0 Å². The molecule has 0 radical (unpaired) electrons. The molecule has 2 heterocycles. The van der Waals surface area contributed by atoms with Crippen molar-refractivity contribution in [2.75, 3.05) is 6.61 Å². The van der Waals surface area contributed by atoms with Crippen LogP contribution in [-0.4, -0.2) is 26.9 Å². The first-order valence-corrected chi connectivity index (χ1v) is 9.53. The van der Waals surface area contributed by atoms with Gasteiger partial charge in [0.15, 0.2) is 5.82 Å². The van der Waals surface area contributed by atoms with Crippen molar-refractivity contribution in [1.29, 1.82) is 0 Å². The Kier molecular flexibility index (Phi) is 5.42. The van der Waals surface area contributed by atoms with Gasteiger partial charge in [-0.3, -0.25) is 4.79 Å². The summed E-state index contributed by atoms with van der Waals surface area (Å²) in [5.74, 6) is 1.28. The fourth-order valence-electron chi connectivity index (χ4n) is 3.20. The Labute approximate surface area is 169 Å². The highest BCUT2D eigenvalue weighted by Crippen LogP contribution is 2.21. The van der Waals surface area contributed by atoms with E-state index in [1.54, 1.807) is 10.9 Å². The lowest BCUT2D eigenvalue weighted by atomic mass is 10.2. The molecule has 0 aliphatic rings. The molecule has 0 saturated heterocycles. The summed E-state index contributed by atoms with van der Waals surface area (Å²) in [4.78, 5) is 13.0. The highest BCUT2D eigenvalue weighted by molar-refractivity contribution is 5.97. The summed E-state index contributed by atoms with van der Waals surface area (Å²) < 4.78 is 9.31. The van der Waals surface area contributed by atoms with Gasteiger partial charge in [-0.25, -0.2) is 4.68 Å². The van der Waals surface area contributed by atoms with E-state index in [-0.39, 0.29) is 5.91 Å². The summed E-state index contributed by atoms with van der Waals surface area (Å²) in [5.41, 5.74) is 2.32. The average Bonchev–Trinajstić information content (AvgIpc) is 3.43. The molecule has 0 unspecified atom stereocenters. The van der Waals surface area contributed by atoms with Gasteiger partial charge in [0.1, 0.15) is 11.3 Å². The summed E-state index contributed by atoms with van der Waals surface area (Å²) in [6.45, 7) is 2.89.